The molecule has 2 aromatic carbocycles. The van der Waals surface area contributed by atoms with Crippen molar-refractivity contribution in [1.82, 2.24) is 20.4 Å². The summed E-state index contributed by atoms with van der Waals surface area (Å²) in [6.45, 7) is 1.29. The molecule has 0 bridgehead atoms. The van der Waals surface area contributed by atoms with Gasteiger partial charge in [0, 0.05) is 20.1 Å². The highest BCUT2D eigenvalue weighted by Gasteiger charge is 2.16. The number of guanidine groups is 1. The number of nitrogen functional groups attached to an aromatic ring is 1. The van der Waals surface area contributed by atoms with E-state index in [1.165, 1.54) is 12.1 Å². The molecule has 0 spiro atoms. The Morgan fingerprint density at radius 1 is 1.12 bits per heavy atom. The third kappa shape index (κ3) is 6.68. The van der Waals surface area contributed by atoms with Gasteiger partial charge in [-0.25, -0.2) is 9.07 Å². The van der Waals surface area contributed by atoms with Gasteiger partial charge in [0.15, 0.2) is 5.96 Å². The van der Waals surface area contributed by atoms with Crippen molar-refractivity contribution in [1.29, 1.82) is 5.26 Å². The minimum absolute atomic E-state index is 0. The Bertz CT molecular complexity index is 1070. The fourth-order valence-electron chi connectivity index (χ4n) is 3.24. The fraction of sp³-hybridized carbons (Fsp3) is 0.261. The number of aryl methyl sites for hydroxylation is 1. The van der Waals surface area contributed by atoms with E-state index in [-0.39, 0.29) is 29.8 Å². The summed E-state index contributed by atoms with van der Waals surface area (Å²) in [5.74, 6) is 0.796. The Balaban J connectivity index is 0.00000363. The van der Waals surface area contributed by atoms with Crippen molar-refractivity contribution in [2.45, 2.75) is 19.3 Å². The molecule has 0 saturated carbocycles. The topological polar surface area (TPSA) is 104 Å². The third-order valence-electron chi connectivity index (χ3n) is 4.81. The lowest BCUT2D eigenvalue weighted by atomic mass is 10.1. The molecule has 3 rings (SSSR count). The Hall–Kier alpha value is -3.13. The van der Waals surface area contributed by atoms with Gasteiger partial charge in [-0.1, -0.05) is 30.3 Å². The summed E-state index contributed by atoms with van der Waals surface area (Å²) >= 11 is 0. The molecule has 0 atom stereocenters. The van der Waals surface area contributed by atoms with Crippen molar-refractivity contribution in [2.75, 3.05) is 25.9 Å². The Kier molecular flexibility index (Phi) is 9.94. The maximum absolute atomic E-state index is 13.3. The van der Waals surface area contributed by atoms with Crippen molar-refractivity contribution < 1.29 is 4.39 Å². The molecule has 0 fully saturated rings. The number of benzene rings is 2. The summed E-state index contributed by atoms with van der Waals surface area (Å²) in [4.78, 5) is 4.20. The Morgan fingerprint density at radius 3 is 2.56 bits per heavy atom. The molecule has 0 aliphatic rings. The van der Waals surface area contributed by atoms with E-state index in [4.69, 9.17) is 5.73 Å². The van der Waals surface area contributed by atoms with Crippen LogP contribution in [0.2, 0.25) is 0 Å². The number of nitriles is 1. The molecule has 32 heavy (non-hydrogen) atoms. The minimum atomic E-state index is -0.230. The van der Waals surface area contributed by atoms with Gasteiger partial charge in [0.1, 0.15) is 23.3 Å². The number of rotatable bonds is 8. The first-order valence-electron chi connectivity index (χ1n) is 10.1. The maximum atomic E-state index is 13.3. The molecule has 0 aliphatic heterocycles. The molecular weight excluding hydrogens is 520 g/mol. The number of hydrogen-bond donors (Lipinski definition) is 3. The summed E-state index contributed by atoms with van der Waals surface area (Å²) in [7, 11) is 1.70. The zero-order valence-corrected chi connectivity index (χ0v) is 20.2. The largest absolute Gasteiger partial charge is 0.382 e. The first-order valence-corrected chi connectivity index (χ1v) is 10.1. The number of anilines is 1. The van der Waals surface area contributed by atoms with Crippen LogP contribution in [0.15, 0.2) is 59.6 Å². The van der Waals surface area contributed by atoms with Gasteiger partial charge in [-0.3, -0.25) is 4.99 Å². The summed E-state index contributed by atoms with van der Waals surface area (Å²) < 4.78 is 14.9. The van der Waals surface area contributed by atoms with Gasteiger partial charge in [0.25, 0.3) is 0 Å². The summed E-state index contributed by atoms with van der Waals surface area (Å²) in [6, 6.07) is 18.3. The Labute approximate surface area is 204 Å². The van der Waals surface area contributed by atoms with E-state index in [1.54, 1.807) is 17.8 Å². The molecule has 0 radical (unpaired) electrons. The highest BCUT2D eigenvalue weighted by Crippen LogP contribution is 2.21. The van der Waals surface area contributed by atoms with Gasteiger partial charge >= 0.3 is 0 Å². The van der Waals surface area contributed by atoms with Crippen LogP contribution in [-0.4, -0.2) is 35.9 Å². The smallest absolute Gasteiger partial charge is 0.190 e. The van der Waals surface area contributed by atoms with Crippen LogP contribution in [-0.2, 0) is 12.8 Å². The molecule has 9 heteroatoms. The molecule has 4 N–H and O–H groups in total. The van der Waals surface area contributed by atoms with Crippen LogP contribution in [0.4, 0.5) is 10.2 Å². The lowest BCUT2D eigenvalue weighted by molar-refractivity contribution is 0.625. The molecule has 1 aromatic heterocycles. The van der Waals surface area contributed by atoms with E-state index in [0.717, 1.165) is 17.7 Å². The fourth-order valence-corrected chi connectivity index (χ4v) is 3.24. The Morgan fingerprint density at radius 2 is 1.88 bits per heavy atom. The number of nitrogens with one attached hydrogen (secondary N) is 2. The molecule has 0 saturated heterocycles. The van der Waals surface area contributed by atoms with Crippen LogP contribution in [0.1, 0.15) is 23.2 Å². The summed E-state index contributed by atoms with van der Waals surface area (Å²) in [5, 5.41) is 20.5. The average molecular weight is 547 g/mol. The van der Waals surface area contributed by atoms with Crippen LogP contribution >= 0.6 is 24.0 Å². The van der Waals surface area contributed by atoms with Crippen molar-refractivity contribution in [3.63, 3.8) is 0 Å². The van der Waals surface area contributed by atoms with Crippen LogP contribution in [0.5, 0.6) is 0 Å². The monoisotopic (exact) mass is 547 g/mol. The van der Waals surface area contributed by atoms with Crippen LogP contribution in [0.25, 0.3) is 5.69 Å². The van der Waals surface area contributed by atoms with Crippen molar-refractivity contribution in [2.24, 2.45) is 4.99 Å². The van der Waals surface area contributed by atoms with Gasteiger partial charge in [-0.05, 0) is 49.1 Å². The van der Waals surface area contributed by atoms with Crippen molar-refractivity contribution in [3.8, 4) is 11.8 Å². The van der Waals surface area contributed by atoms with E-state index < -0.39 is 0 Å². The van der Waals surface area contributed by atoms with Gasteiger partial charge in [0.05, 0.1) is 11.4 Å². The summed E-state index contributed by atoms with van der Waals surface area (Å²) in [6.07, 6.45) is 2.06. The molecular formula is C23H27FIN7. The predicted octanol–water partition coefficient (Wildman–Crippen LogP) is 3.42. The van der Waals surface area contributed by atoms with E-state index in [9.17, 15) is 9.65 Å². The maximum Gasteiger partial charge on any atom is 0.190 e. The van der Waals surface area contributed by atoms with Crippen molar-refractivity contribution >= 4 is 35.8 Å². The van der Waals surface area contributed by atoms with E-state index in [1.807, 2.05) is 36.4 Å². The third-order valence-corrected chi connectivity index (χ3v) is 4.81. The second-order valence-electron chi connectivity index (χ2n) is 6.98. The molecule has 1 heterocycles. The number of hydrogen-bond acceptors (Lipinski definition) is 4. The number of halogens is 2. The van der Waals surface area contributed by atoms with E-state index >= 15 is 0 Å². The van der Waals surface area contributed by atoms with E-state index in [0.29, 0.717) is 49.0 Å². The first-order chi connectivity index (χ1) is 15.1. The standard InChI is InChI=1S/C23H26FN7.HI/c1-27-23(29-14-12-17-7-5-8-18(24)15-17)28-13-6-11-21-20(16-25)22(26)31(30-21)19-9-3-2-4-10-19;/h2-5,7-10,15H,6,11-14,26H2,1H3,(H2,27,28,29);1H. The molecule has 7 nitrogen and oxygen atoms in total. The van der Waals surface area contributed by atoms with Gasteiger partial charge in [0.2, 0.25) is 0 Å². The second-order valence-corrected chi connectivity index (χ2v) is 6.98. The zero-order valence-electron chi connectivity index (χ0n) is 17.9. The van der Waals surface area contributed by atoms with Crippen LogP contribution in [0.3, 0.4) is 0 Å². The lowest BCUT2D eigenvalue weighted by Crippen LogP contribution is -2.38. The highest BCUT2D eigenvalue weighted by atomic mass is 127. The number of aromatic nitrogens is 2. The molecule has 0 unspecified atom stereocenters. The SMILES string of the molecule is CN=C(NCCCc1nn(-c2ccccc2)c(N)c1C#N)NCCc1cccc(F)c1.I. The summed E-state index contributed by atoms with van der Waals surface area (Å²) in [5.41, 5.74) is 8.99. The number of nitrogens with zero attached hydrogens (tertiary/aromatic N) is 4. The molecule has 0 aliphatic carbocycles. The number of nitrogens with two attached hydrogens (primary N) is 1. The normalized spacial score (nSPS) is 10.8. The zero-order chi connectivity index (χ0) is 22.1. The van der Waals surface area contributed by atoms with Gasteiger partial charge < -0.3 is 16.4 Å². The highest BCUT2D eigenvalue weighted by molar-refractivity contribution is 14.0. The average Bonchev–Trinajstić information content (AvgIpc) is 3.11. The number of para-hydroxylation sites is 1. The lowest BCUT2D eigenvalue weighted by Gasteiger charge is -2.11. The van der Waals surface area contributed by atoms with Gasteiger partial charge in [-0.15, -0.1) is 24.0 Å². The minimum Gasteiger partial charge on any atom is -0.382 e. The predicted molar refractivity (Wildman–Crippen MR) is 136 cm³/mol. The van der Waals surface area contributed by atoms with Crippen molar-refractivity contribution in [3.05, 3.63) is 77.2 Å². The van der Waals surface area contributed by atoms with Gasteiger partial charge in [-0.2, -0.15) is 10.4 Å². The quantitative estimate of drug-likeness (QED) is 0.174. The molecule has 3 aromatic rings. The van der Waals surface area contributed by atoms with E-state index in [2.05, 4.69) is 26.8 Å². The van der Waals surface area contributed by atoms with Crippen LogP contribution < -0.4 is 16.4 Å². The number of aliphatic imine (C=N–C) groups is 1. The molecule has 0 amide bonds. The molecule has 168 valence electrons. The van der Waals surface area contributed by atoms with Crippen LogP contribution in [0, 0.1) is 17.1 Å². The second kappa shape index (κ2) is 12.7. The first kappa shape index (κ1) is 25.1.